The minimum atomic E-state index is -0.00316. The van der Waals surface area contributed by atoms with Crippen molar-refractivity contribution >= 4 is 5.91 Å². The van der Waals surface area contributed by atoms with Crippen LogP contribution in [-0.4, -0.2) is 32.7 Å². The third kappa shape index (κ3) is 4.24. The summed E-state index contributed by atoms with van der Waals surface area (Å²) >= 11 is 0. The number of carbonyl (C=O) groups is 1. The maximum absolute atomic E-state index is 11.9. The fourth-order valence-corrected chi connectivity index (χ4v) is 2.40. The number of rotatable bonds is 5. The van der Waals surface area contributed by atoms with E-state index in [0.29, 0.717) is 5.56 Å². The van der Waals surface area contributed by atoms with Gasteiger partial charge in [-0.2, -0.15) is 0 Å². The molecule has 1 aromatic carbocycles. The standard InChI is InChI=1S/C15H22N2O2/c1-19-14-4-2-13(3-5-14)15(18)17-11-8-12-6-9-16-10-7-12/h2-5,12,16H,6-11H2,1H3,(H,17,18). The van der Waals surface area contributed by atoms with Crippen LogP contribution in [0.4, 0.5) is 0 Å². The topological polar surface area (TPSA) is 50.4 Å². The summed E-state index contributed by atoms with van der Waals surface area (Å²) in [5.41, 5.74) is 0.686. The lowest BCUT2D eigenvalue weighted by atomic mass is 9.95. The van der Waals surface area contributed by atoms with E-state index in [1.165, 1.54) is 12.8 Å². The van der Waals surface area contributed by atoms with Crippen LogP contribution in [0.2, 0.25) is 0 Å². The summed E-state index contributed by atoms with van der Waals surface area (Å²) in [4.78, 5) is 11.9. The molecular formula is C15H22N2O2. The number of hydrogen-bond donors (Lipinski definition) is 2. The van der Waals surface area contributed by atoms with Crippen molar-refractivity contribution in [1.29, 1.82) is 0 Å². The Morgan fingerprint density at radius 1 is 1.32 bits per heavy atom. The predicted octanol–water partition coefficient (Wildman–Crippen LogP) is 1.81. The molecule has 0 bridgehead atoms. The van der Waals surface area contributed by atoms with Gasteiger partial charge in [-0.15, -0.1) is 0 Å². The quantitative estimate of drug-likeness (QED) is 0.851. The fourth-order valence-electron chi connectivity index (χ4n) is 2.40. The first-order valence-electron chi connectivity index (χ1n) is 6.92. The SMILES string of the molecule is COc1ccc(C(=O)NCCC2CCNCC2)cc1. The Balaban J connectivity index is 1.73. The summed E-state index contributed by atoms with van der Waals surface area (Å²) < 4.78 is 5.07. The highest BCUT2D eigenvalue weighted by molar-refractivity contribution is 5.94. The predicted molar refractivity (Wildman–Crippen MR) is 75.5 cm³/mol. The van der Waals surface area contributed by atoms with Gasteiger partial charge in [0.05, 0.1) is 7.11 Å². The van der Waals surface area contributed by atoms with Crippen molar-refractivity contribution < 1.29 is 9.53 Å². The van der Waals surface area contributed by atoms with Gasteiger partial charge in [-0.3, -0.25) is 4.79 Å². The van der Waals surface area contributed by atoms with Crippen LogP contribution >= 0.6 is 0 Å². The van der Waals surface area contributed by atoms with Crippen molar-refractivity contribution in [2.24, 2.45) is 5.92 Å². The van der Waals surface area contributed by atoms with Crippen LogP contribution in [0, 0.1) is 5.92 Å². The molecule has 0 atom stereocenters. The molecule has 1 aromatic rings. The summed E-state index contributed by atoms with van der Waals surface area (Å²) in [5.74, 6) is 1.51. The monoisotopic (exact) mass is 262 g/mol. The van der Waals surface area contributed by atoms with Crippen molar-refractivity contribution in [2.75, 3.05) is 26.7 Å². The summed E-state index contributed by atoms with van der Waals surface area (Å²) in [6.07, 6.45) is 3.51. The van der Waals surface area contributed by atoms with Gasteiger partial charge in [-0.25, -0.2) is 0 Å². The molecule has 0 radical (unpaired) electrons. The molecule has 0 aromatic heterocycles. The highest BCUT2D eigenvalue weighted by atomic mass is 16.5. The lowest BCUT2D eigenvalue weighted by Crippen LogP contribution is -2.31. The summed E-state index contributed by atoms with van der Waals surface area (Å²) in [6, 6.07) is 7.20. The van der Waals surface area contributed by atoms with Crippen LogP contribution in [0.3, 0.4) is 0 Å². The second-order valence-corrected chi connectivity index (χ2v) is 4.97. The first kappa shape index (κ1) is 13.9. The molecule has 1 fully saturated rings. The second-order valence-electron chi connectivity index (χ2n) is 4.97. The van der Waals surface area contributed by atoms with Crippen molar-refractivity contribution in [3.05, 3.63) is 29.8 Å². The number of benzene rings is 1. The van der Waals surface area contributed by atoms with Crippen LogP contribution in [0.1, 0.15) is 29.6 Å². The summed E-state index contributed by atoms with van der Waals surface area (Å²) in [5, 5.41) is 6.33. The molecule has 1 aliphatic rings. The smallest absolute Gasteiger partial charge is 0.251 e. The Morgan fingerprint density at radius 2 is 2.00 bits per heavy atom. The largest absolute Gasteiger partial charge is 0.497 e. The van der Waals surface area contributed by atoms with E-state index in [1.54, 1.807) is 19.2 Å². The van der Waals surface area contributed by atoms with Crippen LogP contribution in [-0.2, 0) is 0 Å². The van der Waals surface area contributed by atoms with Crippen LogP contribution in [0.5, 0.6) is 5.75 Å². The summed E-state index contributed by atoms with van der Waals surface area (Å²) in [7, 11) is 1.62. The van der Waals surface area contributed by atoms with Crippen molar-refractivity contribution in [3.8, 4) is 5.75 Å². The second kappa shape index (κ2) is 7.14. The molecule has 0 unspecified atom stereocenters. The molecule has 4 heteroatoms. The number of amides is 1. The Kier molecular flexibility index (Phi) is 5.21. The molecule has 0 saturated carbocycles. The van der Waals surface area contributed by atoms with Gasteiger partial charge in [-0.1, -0.05) is 0 Å². The average molecular weight is 262 g/mol. The maximum atomic E-state index is 11.9. The molecule has 0 aliphatic carbocycles. The molecule has 2 N–H and O–H groups in total. The van der Waals surface area contributed by atoms with Gasteiger partial charge >= 0.3 is 0 Å². The maximum Gasteiger partial charge on any atom is 0.251 e. The van der Waals surface area contributed by atoms with Crippen LogP contribution < -0.4 is 15.4 Å². The van der Waals surface area contributed by atoms with E-state index >= 15 is 0 Å². The molecule has 19 heavy (non-hydrogen) atoms. The molecule has 2 rings (SSSR count). The van der Waals surface area contributed by atoms with Gasteiger partial charge in [-0.05, 0) is 62.5 Å². The molecule has 1 amide bonds. The highest BCUT2D eigenvalue weighted by Crippen LogP contribution is 2.15. The minimum Gasteiger partial charge on any atom is -0.497 e. The Morgan fingerprint density at radius 3 is 2.63 bits per heavy atom. The van der Waals surface area contributed by atoms with Crippen LogP contribution in [0.25, 0.3) is 0 Å². The van der Waals surface area contributed by atoms with E-state index in [-0.39, 0.29) is 5.91 Å². The minimum absolute atomic E-state index is 0.00316. The number of piperidine rings is 1. The van der Waals surface area contributed by atoms with Gasteiger partial charge in [0.15, 0.2) is 0 Å². The van der Waals surface area contributed by atoms with Gasteiger partial charge in [0.1, 0.15) is 5.75 Å². The van der Waals surface area contributed by atoms with E-state index in [9.17, 15) is 4.79 Å². The average Bonchev–Trinajstić information content (AvgIpc) is 2.48. The zero-order valence-corrected chi connectivity index (χ0v) is 11.4. The van der Waals surface area contributed by atoms with E-state index < -0.39 is 0 Å². The molecule has 1 aliphatic heterocycles. The zero-order valence-electron chi connectivity index (χ0n) is 11.4. The van der Waals surface area contributed by atoms with Crippen molar-refractivity contribution in [3.63, 3.8) is 0 Å². The van der Waals surface area contributed by atoms with Crippen LogP contribution in [0.15, 0.2) is 24.3 Å². The third-order valence-electron chi connectivity index (χ3n) is 3.65. The Hall–Kier alpha value is -1.55. The molecule has 4 nitrogen and oxygen atoms in total. The van der Waals surface area contributed by atoms with E-state index in [2.05, 4.69) is 10.6 Å². The normalized spacial score (nSPS) is 16.1. The third-order valence-corrected chi connectivity index (χ3v) is 3.65. The Labute approximate surface area is 114 Å². The highest BCUT2D eigenvalue weighted by Gasteiger charge is 2.13. The number of ether oxygens (including phenoxy) is 1. The molecule has 0 spiro atoms. The molecular weight excluding hydrogens is 240 g/mol. The molecule has 1 heterocycles. The van der Waals surface area contributed by atoms with E-state index in [4.69, 9.17) is 4.74 Å². The lowest BCUT2D eigenvalue weighted by molar-refractivity contribution is 0.0950. The van der Waals surface area contributed by atoms with Gasteiger partial charge in [0.2, 0.25) is 0 Å². The van der Waals surface area contributed by atoms with Gasteiger partial charge < -0.3 is 15.4 Å². The number of hydrogen-bond acceptors (Lipinski definition) is 3. The van der Waals surface area contributed by atoms with E-state index in [0.717, 1.165) is 37.7 Å². The zero-order chi connectivity index (χ0) is 13.5. The first-order chi connectivity index (χ1) is 9.29. The van der Waals surface area contributed by atoms with Gasteiger partial charge in [0, 0.05) is 12.1 Å². The van der Waals surface area contributed by atoms with Crippen molar-refractivity contribution in [1.82, 2.24) is 10.6 Å². The van der Waals surface area contributed by atoms with Gasteiger partial charge in [0.25, 0.3) is 5.91 Å². The number of nitrogens with one attached hydrogen (secondary N) is 2. The summed E-state index contributed by atoms with van der Waals surface area (Å²) in [6.45, 7) is 2.98. The lowest BCUT2D eigenvalue weighted by Gasteiger charge is -2.22. The first-order valence-corrected chi connectivity index (χ1v) is 6.92. The Bertz CT molecular complexity index is 397. The molecule has 1 saturated heterocycles. The number of methoxy groups -OCH3 is 1. The molecule has 104 valence electrons. The van der Waals surface area contributed by atoms with E-state index in [1.807, 2.05) is 12.1 Å². The fraction of sp³-hybridized carbons (Fsp3) is 0.533. The number of carbonyl (C=O) groups excluding carboxylic acids is 1. The van der Waals surface area contributed by atoms with Crippen molar-refractivity contribution in [2.45, 2.75) is 19.3 Å².